The van der Waals surface area contributed by atoms with Crippen molar-refractivity contribution < 1.29 is 38.3 Å². The van der Waals surface area contributed by atoms with Crippen molar-refractivity contribution in [3.8, 4) is 0 Å². The highest BCUT2D eigenvalue weighted by atomic mass is 31.1. The number of nitrogen functional groups attached to an aromatic ring is 1. The molecule has 4 heterocycles. The zero-order valence-electron chi connectivity index (χ0n) is 15.1. The summed E-state index contributed by atoms with van der Waals surface area (Å²) in [4.78, 5) is 34.4. The highest BCUT2D eigenvalue weighted by molar-refractivity contribution is 7.48. The van der Waals surface area contributed by atoms with E-state index in [-0.39, 0.29) is 17.0 Å². The Morgan fingerprint density at radius 1 is 1.53 bits per heavy atom. The number of aromatic nitrogens is 4. The summed E-state index contributed by atoms with van der Waals surface area (Å²) in [7, 11) is -2.34. The molecule has 12 nitrogen and oxygen atoms in total. The van der Waals surface area contributed by atoms with Crippen LogP contribution in [0.1, 0.15) is 18.9 Å². The van der Waals surface area contributed by atoms with E-state index in [2.05, 4.69) is 15.0 Å². The Kier molecular flexibility index (Phi) is 3.51. The summed E-state index contributed by atoms with van der Waals surface area (Å²) < 4.78 is 32.4. The first-order valence-electron chi connectivity index (χ1n) is 9.16. The number of hydrogen-bond donors (Lipinski definition) is 3. The lowest BCUT2D eigenvalue weighted by molar-refractivity contribution is -0.258. The van der Waals surface area contributed by atoms with E-state index in [1.807, 2.05) is 0 Å². The van der Waals surface area contributed by atoms with Gasteiger partial charge < -0.3 is 34.9 Å². The van der Waals surface area contributed by atoms with Gasteiger partial charge in [-0.15, -0.1) is 0 Å². The Morgan fingerprint density at radius 3 is 3.10 bits per heavy atom. The molecule has 2 aromatic heterocycles. The molecule has 2 bridgehead atoms. The number of rotatable bonds is 4. The van der Waals surface area contributed by atoms with Gasteiger partial charge in [0.15, 0.2) is 29.2 Å². The number of aliphatic hydroxyl groups is 1. The number of hydrogen-bond acceptors (Lipinski definition) is 10. The molecule has 4 aliphatic rings. The predicted octanol–water partition coefficient (Wildman–Crippen LogP) is -1.32. The number of halogens is 1. The van der Waals surface area contributed by atoms with Crippen molar-refractivity contribution in [3.05, 3.63) is 12.4 Å². The van der Waals surface area contributed by atoms with E-state index in [4.69, 9.17) is 24.8 Å². The number of carbonyl (C=O) groups is 1. The minimum absolute atomic E-state index is 0.106. The highest BCUT2D eigenvalue weighted by Crippen LogP contribution is 2.72. The summed E-state index contributed by atoms with van der Waals surface area (Å²) in [6.07, 6.45) is -0.376. The van der Waals surface area contributed by atoms with E-state index in [1.54, 1.807) is 4.57 Å². The third-order valence-corrected chi connectivity index (χ3v) is 7.55. The molecule has 4 fully saturated rings. The van der Waals surface area contributed by atoms with Gasteiger partial charge in [0.25, 0.3) is 0 Å². The zero-order valence-corrected chi connectivity index (χ0v) is 16.0. The molecule has 2 saturated carbocycles. The van der Waals surface area contributed by atoms with Gasteiger partial charge in [0, 0.05) is 6.42 Å². The van der Waals surface area contributed by atoms with Crippen LogP contribution in [0.5, 0.6) is 0 Å². The van der Waals surface area contributed by atoms with Crippen LogP contribution < -0.4 is 10.6 Å². The average molecular weight is 439 g/mol. The molecule has 0 aromatic carbocycles. The lowest BCUT2D eigenvalue weighted by Gasteiger charge is -2.33. The fourth-order valence-electron chi connectivity index (χ4n) is 4.86. The van der Waals surface area contributed by atoms with Gasteiger partial charge in [0.1, 0.15) is 17.2 Å². The molecule has 7 atom stereocenters. The Balaban J connectivity index is 1.34. The van der Waals surface area contributed by atoms with Crippen LogP contribution in [0.3, 0.4) is 0 Å². The molecule has 158 valence electrons. The second-order valence-electron chi connectivity index (χ2n) is 7.89. The fourth-order valence-corrected chi connectivity index (χ4v) is 6.10. The molecule has 2 aliphatic carbocycles. The average Bonchev–Trinajstić information content (AvgIpc) is 3.42. The van der Waals surface area contributed by atoms with Crippen molar-refractivity contribution in [2.45, 2.75) is 42.5 Å². The van der Waals surface area contributed by atoms with Crippen molar-refractivity contribution in [3.63, 3.8) is 0 Å². The zero-order chi connectivity index (χ0) is 21.0. The second kappa shape index (κ2) is 5.69. The van der Waals surface area contributed by atoms with Crippen molar-refractivity contribution >= 4 is 36.2 Å². The quantitative estimate of drug-likeness (QED) is 0.380. The lowest BCUT2D eigenvalue weighted by Crippen LogP contribution is -2.43. The maximum atomic E-state index is 13.7. The summed E-state index contributed by atoms with van der Waals surface area (Å²) in [6.45, 7) is -0.679. The van der Waals surface area contributed by atoms with Crippen LogP contribution in [-0.2, 0) is 18.8 Å². The molecular formula is C16H15FN5O7P. The van der Waals surface area contributed by atoms with E-state index < -0.39 is 62.2 Å². The fraction of sp³-hybridized carbons (Fsp3) is 0.562. The van der Waals surface area contributed by atoms with Crippen LogP contribution in [-0.4, -0.2) is 71.2 Å². The number of imidazole rings is 1. The third-order valence-electron chi connectivity index (χ3n) is 6.18. The normalized spacial score (nSPS) is 40.0. The van der Waals surface area contributed by atoms with Crippen molar-refractivity contribution in [1.29, 1.82) is 0 Å². The van der Waals surface area contributed by atoms with E-state index in [9.17, 15) is 19.2 Å². The number of aliphatic hydroxyl groups excluding tert-OH is 1. The topological polar surface area (TPSA) is 178 Å². The Hall–Kier alpha value is -2.28. The van der Waals surface area contributed by atoms with Crippen LogP contribution >= 0.6 is 8.00 Å². The van der Waals surface area contributed by atoms with Crippen LogP contribution in [0.25, 0.3) is 11.2 Å². The van der Waals surface area contributed by atoms with Gasteiger partial charge in [-0.2, -0.15) is 18.9 Å². The van der Waals surface area contributed by atoms with Gasteiger partial charge >= 0.3 is 12.0 Å². The summed E-state index contributed by atoms with van der Waals surface area (Å²) >= 11 is 0. The molecule has 2 aliphatic heterocycles. The highest BCUT2D eigenvalue weighted by Gasteiger charge is 2.85. The lowest BCUT2D eigenvalue weighted by atomic mass is 10.0. The van der Waals surface area contributed by atoms with E-state index in [1.165, 1.54) is 6.33 Å². The predicted molar refractivity (Wildman–Crippen MR) is 94.4 cm³/mol. The second-order valence-corrected chi connectivity index (χ2v) is 9.20. The summed E-state index contributed by atoms with van der Waals surface area (Å²) in [5, 5.41) is 19.9. The molecule has 2 spiro atoms. The number of nitrogens with two attached hydrogens (primary N) is 1. The molecular weight excluding hydrogens is 424 g/mol. The number of aliphatic carboxylic acids is 1. The van der Waals surface area contributed by atoms with Crippen LogP contribution in [0.2, 0.25) is 0 Å². The number of carboxylic acids is 1. The third kappa shape index (κ3) is 2.30. The number of fused-ring (bicyclic) bond motifs is 2. The van der Waals surface area contributed by atoms with Crippen LogP contribution in [0.15, 0.2) is 6.33 Å². The molecule has 14 heteroatoms. The van der Waals surface area contributed by atoms with Gasteiger partial charge in [0.2, 0.25) is 8.00 Å². The maximum Gasteiger partial charge on any atom is 0.334 e. The van der Waals surface area contributed by atoms with Gasteiger partial charge in [0.05, 0.1) is 30.9 Å². The molecule has 0 amide bonds. The number of anilines is 1. The summed E-state index contributed by atoms with van der Waals surface area (Å²) in [6, 6.07) is -0.542. The van der Waals surface area contributed by atoms with E-state index in [0.717, 1.165) is 0 Å². The van der Waals surface area contributed by atoms with Gasteiger partial charge in [-0.05, 0) is 0 Å². The largest absolute Gasteiger partial charge is 0.603 e. The molecule has 4 N–H and O–H groups in total. The molecule has 30 heavy (non-hydrogen) atoms. The maximum absolute atomic E-state index is 13.7. The van der Waals surface area contributed by atoms with Gasteiger partial charge in [-0.1, -0.05) is 0 Å². The first kappa shape index (κ1) is 18.5. The van der Waals surface area contributed by atoms with E-state index >= 15 is 0 Å². The minimum atomic E-state index is -2.34. The number of ether oxygens (including phenoxy) is 2. The summed E-state index contributed by atoms with van der Waals surface area (Å²) in [5.41, 5.74) is 5.18. The molecule has 2 saturated heterocycles. The van der Waals surface area contributed by atoms with Gasteiger partial charge in [-0.25, -0.2) is 9.78 Å². The number of nitrogens with zero attached hydrogens (tertiary/aromatic N) is 4. The molecule has 0 radical (unpaired) electrons. The van der Waals surface area contributed by atoms with Crippen LogP contribution in [0, 0.1) is 12.0 Å². The minimum Gasteiger partial charge on any atom is -0.603 e. The standard InChI is InChI=1S/C16H15FN5O7P/c17-14-20-12(18)9-13(21-14)22(4-19-9)11-8-10(25)5-1-15(29-16(8,11)28-5)2-6(15)30(26)27-3-7(23)24/h4-5,8,10-11,25H,1-3H2,(H,23,24)(H2,18,20,21)/t5-,8-,10?,11+,15?,16?/m1/s1. The van der Waals surface area contributed by atoms with Crippen LogP contribution in [0.4, 0.5) is 10.2 Å². The number of carboxylic acid groups (broad SMARTS) is 1. The molecule has 2 aromatic rings. The first-order chi connectivity index (χ1) is 14.3. The Bertz CT molecular complexity index is 1160. The van der Waals surface area contributed by atoms with Gasteiger partial charge in [-0.3, -0.25) is 0 Å². The monoisotopic (exact) mass is 439 g/mol. The van der Waals surface area contributed by atoms with Crippen molar-refractivity contribution in [1.82, 2.24) is 19.5 Å². The smallest absolute Gasteiger partial charge is 0.334 e. The summed E-state index contributed by atoms with van der Waals surface area (Å²) in [5.74, 6) is -3.00. The Morgan fingerprint density at radius 2 is 2.33 bits per heavy atom. The SMILES string of the molecule is Nc1nc(F)nc2c1ncn2[C@H]1[C@H]2C(O)[C@H]3CC4(C/C4=[P+](\[O-])OCC(=O)O)OC21O3. The van der Waals surface area contributed by atoms with E-state index in [0.29, 0.717) is 18.1 Å². The molecule has 6 rings (SSSR count). The molecule has 4 unspecified atom stereocenters. The van der Waals surface area contributed by atoms with Crippen molar-refractivity contribution in [2.75, 3.05) is 12.3 Å². The Labute approximate surface area is 168 Å². The van der Waals surface area contributed by atoms with Crippen molar-refractivity contribution in [2.24, 2.45) is 5.92 Å². The first-order valence-corrected chi connectivity index (χ1v) is 10.3.